The number of aromatic amines is 1. The number of aromatic nitrogens is 4. The number of amides is 1. The molecule has 23 heavy (non-hydrogen) atoms. The first kappa shape index (κ1) is 14.1. The Kier molecular flexibility index (Phi) is 3.63. The maximum absolute atomic E-state index is 12.2. The van der Waals surface area contributed by atoms with Crippen molar-refractivity contribution in [1.82, 2.24) is 25.5 Å². The quantitative estimate of drug-likeness (QED) is 0.755. The minimum absolute atomic E-state index is 0.212. The zero-order valence-electron chi connectivity index (χ0n) is 12.3. The molecule has 1 saturated carbocycles. The number of nitrogens with one attached hydrogen (secondary N) is 2. The van der Waals surface area contributed by atoms with E-state index in [1.54, 1.807) is 23.7 Å². The van der Waals surface area contributed by atoms with Crippen LogP contribution in [-0.4, -0.2) is 26.1 Å². The van der Waals surface area contributed by atoms with E-state index in [1.807, 2.05) is 23.6 Å². The average molecular weight is 325 g/mol. The van der Waals surface area contributed by atoms with Crippen molar-refractivity contribution in [2.45, 2.75) is 25.3 Å². The van der Waals surface area contributed by atoms with E-state index in [9.17, 15) is 4.79 Å². The standard InChI is InChI=1S/C16H15N5OS/c22-16(14-7-13(20-21-14)15-2-1-5-23-15)17-8-11-6-12(10-3-4-10)19-9-18-11/h1-2,5-7,9-10H,3-4,8H2,(H,17,22)(H,20,21). The van der Waals surface area contributed by atoms with Crippen LogP contribution in [-0.2, 0) is 6.54 Å². The van der Waals surface area contributed by atoms with Crippen LogP contribution in [0.1, 0.15) is 40.6 Å². The SMILES string of the molecule is O=C(NCc1cc(C2CC2)ncn1)c1cc(-c2cccs2)[nH]n1. The normalized spacial score (nSPS) is 13.9. The second-order valence-corrected chi connectivity index (χ2v) is 6.48. The van der Waals surface area contributed by atoms with E-state index >= 15 is 0 Å². The molecule has 7 heteroatoms. The lowest BCUT2D eigenvalue weighted by Crippen LogP contribution is -2.23. The van der Waals surface area contributed by atoms with Crippen LogP contribution in [0.25, 0.3) is 10.6 Å². The molecule has 3 aromatic heterocycles. The van der Waals surface area contributed by atoms with Crippen molar-refractivity contribution in [2.75, 3.05) is 0 Å². The Hall–Kier alpha value is -2.54. The number of carbonyl (C=O) groups is 1. The zero-order chi connectivity index (χ0) is 15.6. The van der Waals surface area contributed by atoms with Gasteiger partial charge >= 0.3 is 0 Å². The van der Waals surface area contributed by atoms with E-state index in [0.717, 1.165) is 22.0 Å². The highest BCUT2D eigenvalue weighted by atomic mass is 32.1. The van der Waals surface area contributed by atoms with Crippen molar-refractivity contribution in [2.24, 2.45) is 0 Å². The summed E-state index contributed by atoms with van der Waals surface area (Å²) in [6, 6.07) is 7.68. The summed E-state index contributed by atoms with van der Waals surface area (Å²) in [4.78, 5) is 21.7. The fraction of sp³-hybridized carbons (Fsp3) is 0.250. The van der Waals surface area contributed by atoms with Crippen molar-refractivity contribution in [3.05, 3.63) is 53.1 Å². The van der Waals surface area contributed by atoms with Crippen molar-refractivity contribution < 1.29 is 4.79 Å². The molecular weight excluding hydrogens is 310 g/mol. The van der Waals surface area contributed by atoms with Crippen molar-refractivity contribution >= 4 is 17.2 Å². The van der Waals surface area contributed by atoms with Crippen LogP contribution in [0.2, 0.25) is 0 Å². The minimum atomic E-state index is -0.212. The first-order valence-electron chi connectivity index (χ1n) is 7.48. The highest BCUT2D eigenvalue weighted by Crippen LogP contribution is 2.38. The number of carbonyl (C=O) groups excluding carboxylic acids is 1. The lowest BCUT2D eigenvalue weighted by atomic mass is 10.2. The van der Waals surface area contributed by atoms with Gasteiger partial charge in [0.05, 0.1) is 22.8 Å². The summed E-state index contributed by atoms with van der Waals surface area (Å²) >= 11 is 1.60. The lowest BCUT2D eigenvalue weighted by molar-refractivity contribution is 0.0945. The Morgan fingerprint density at radius 2 is 2.26 bits per heavy atom. The third-order valence-electron chi connectivity index (χ3n) is 3.77. The molecule has 0 aromatic carbocycles. The Labute approximate surface area is 137 Å². The van der Waals surface area contributed by atoms with Crippen LogP contribution < -0.4 is 5.32 Å². The molecule has 4 rings (SSSR count). The van der Waals surface area contributed by atoms with Gasteiger partial charge in [-0.15, -0.1) is 11.3 Å². The van der Waals surface area contributed by atoms with Gasteiger partial charge in [0.25, 0.3) is 5.91 Å². The predicted octanol–water partition coefficient (Wildman–Crippen LogP) is 2.74. The molecule has 0 aliphatic heterocycles. The van der Waals surface area contributed by atoms with Gasteiger partial charge in [0.2, 0.25) is 0 Å². The Bertz CT molecular complexity index is 823. The van der Waals surface area contributed by atoms with Crippen molar-refractivity contribution in [1.29, 1.82) is 0 Å². The summed E-state index contributed by atoms with van der Waals surface area (Å²) < 4.78 is 0. The molecule has 0 spiro atoms. The third-order valence-corrected chi connectivity index (χ3v) is 4.67. The van der Waals surface area contributed by atoms with E-state index in [1.165, 1.54) is 12.8 Å². The third kappa shape index (κ3) is 3.14. The predicted molar refractivity (Wildman–Crippen MR) is 87.1 cm³/mol. The van der Waals surface area contributed by atoms with E-state index in [0.29, 0.717) is 18.2 Å². The van der Waals surface area contributed by atoms with Gasteiger partial charge in [0, 0.05) is 11.6 Å². The molecule has 116 valence electrons. The molecule has 0 unspecified atom stereocenters. The second kappa shape index (κ2) is 5.92. The molecular formula is C16H15N5OS. The molecule has 1 aliphatic carbocycles. The lowest BCUT2D eigenvalue weighted by Gasteiger charge is -2.04. The molecule has 1 fully saturated rings. The monoisotopic (exact) mass is 325 g/mol. The van der Waals surface area contributed by atoms with E-state index in [2.05, 4.69) is 25.5 Å². The number of thiophene rings is 1. The van der Waals surface area contributed by atoms with E-state index in [-0.39, 0.29) is 5.91 Å². The number of hydrogen-bond acceptors (Lipinski definition) is 5. The van der Waals surface area contributed by atoms with Gasteiger partial charge in [-0.2, -0.15) is 5.10 Å². The highest BCUT2D eigenvalue weighted by Gasteiger charge is 2.25. The maximum Gasteiger partial charge on any atom is 0.272 e. The highest BCUT2D eigenvalue weighted by molar-refractivity contribution is 7.13. The van der Waals surface area contributed by atoms with Crippen molar-refractivity contribution in [3.63, 3.8) is 0 Å². The molecule has 0 atom stereocenters. The molecule has 0 saturated heterocycles. The Balaban J connectivity index is 1.41. The largest absolute Gasteiger partial charge is 0.345 e. The first-order chi connectivity index (χ1) is 11.3. The maximum atomic E-state index is 12.2. The number of hydrogen-bond donors (Lipinski definition) is 2. The van der Waals surface area contributed by atoms with Gasteiger partial charge in [-0.3, -0.25) is 9.89 Å². The summed E-state index contributed by atoms with van der Waals surface area (Å²) in [5.74, 6) is 0.364. The van der Waals surface area contributed by atoms with Gasteiger partial charge in [-0.25, -0.2) is 9.97 Å². The van der Waals surface area contributed by atoms with Gasteiger partial charge in [0.1, 0.15) is 6.33 Å². The topological polar surface area (TPSA) is 83.6 Å². The molecule has 1 aliphatic rings. The van der Waals surface area contributed by atoms with Crippen LogP contribution in [0.4, 0.5) is 0 Å². The summed E-state index contributed by atoms with van der Waals surface area (Å²) in [6.45, 7) is 0.377. The molecule has 3 aromatic rings. The van der Waals surface area contributed by atoms with Crippen LogP contribution in [0.3, 0.4) is 0 Å². The smallest absolute Gasteiger partial charge is 0.272 e. The fourth-order valence-electron chi connectivity index (χ4n) is 2.37. The van der Waals surface area contributed by atoms with Crippen LogP contribution >= 0.6 is 11.3 Å². The second-order valence-electron chi connectivity index (χ2n) is 5.54. The van der Waals surface area contributed by atoms with Gasteiger partial charge in [-0.1, -0.05) is 6.07 Å². The number of rotatable bonds is 5. The van der Waals surface area contributed by atoms with Crippen LogP contribution in [0, 0.1) is 0 Å². The molecule has 3 heterocycles. The molecule has 0 bridgehead atoms. The Morgan fingerprint density at radius 3 is 3.04 bits per heavy atom. The molecule has 2 N–H and O–H groups in total. The van der Waals surface area contributed by atoms with E-state index < -0.39 is 0 Å². The van der Waals surface area contributed by atoms with Gasteiger partial charge in [-0.05, 0) is 36.4 Å². The zero-order valence-corrected chi connectivity index (χ0v) is 13.1. The van der Waals surface area contributed by atoms with Crippen LogP contribution in [0.15, 0.2) is 36.0 Å². The molecule has 1 amide bonds. The number of H-pyrrole nitrogens is 1. The summed E-state index contributed by atoms with van der Waals surface area (Å²) in [7, 11) is 0. The summed E-state index contributed by atoms with van der Waals surface area (Å²) in [5.41, 5.74) is 3.13. The average Bonchev–Trinajstić information content (AvgIpc) is 3.08. The fourth-order valence-corrected chi connectivity index (χ4v) is 3.06. The Morgan fingerprint density at radius 1 is 1.35 bits per heavy atom. The molecule has 6 nitrogen and oxygen atoms in total. The van der Waals surface area contributed by atoms with Crippen LogP contribution in [0.5, 0.6) is 0 Å². The van der Waals surface area contributed by atoms with Crippen molar-refractivity contribution in [3.8, 4) is 10.6 Å². The number of nitrogens with zero attached hydrogens (tertiary/aromatic N) is 3. The van der Waals surface area contributed by atoms with Gasteiger partial charge < -0.3 is 5.32 Å². The first-order valence-corrected chi connectivity index (χ1v) is 8.36. The summed E-state index contributed by atoms with van der Waals surface area (Å²) in [5, 5.41) is 11.8. The van der Waals surface area contributed by atoms with Gasteiger partial charge in [0.15, 0.2) is 5.69 Å². The minimum Gasteiger partial charge on any atom is -0.345 e. The summed E-state index contributed by atoms with van der Waals surface area (Å²) in [6.07, 6.45) is 3.96. The van der Waals surface area contributed by atoms with E-state index in [4.69, 9.17) is 0 Å². The molecule has 0 radical (unpaired) electrons.